The minimum atomic E-state index is -4.39. The molecule has 0 aliphatic carbocycles. The molecule has 0 atom stereocenters. The Labute approximate surface area is 93.4 Å². The first-order valence-corrected chi connectivity index (χ1v) is 6.10. The summed E-state index contributed by atoms with van der Waals surface area (Å²) in [4.78, 5) is 11.4. The molecular weight excluding hydrogens is 234 g/mol. The standard InChI is InChI=1S/C9H13NO5S/c1-6(2)5-10-9(11)7-3-4-8(15-7)16(12,13)14/h3-4,6H,5H2,1-2H3,(H,10,11)(H,12,13,14). The van der Waals surface area contributed by atoms with Crippen molar-refractivity contribution in [2.24, 2.45) is 5.92 Å². The van der Waals surface area contributed by atoms with Crippen molar-refractivity contribution in [3.63, 3.8) is 0 Å². The van der Waals surface area contributed by atoms with Crippen LogP contribution in [0.25, 0.3) is 0 Å². The molecule has 0 saturated heterocycles. The van der Waals surface area contributed by atoms with E-state index < -0.39 is 21.1 Å². The average molecular weight is 247 g/mol. The number of hydrogen-bond acceptors (Lipinski definition) is 4. The highest BCUT2D eigenvalue weighted by Crippen LogP contribution is 2.13. The van der Waals surface area contributed by atoms with Crippen LogP contribution in [0.1, 0.15) is 24.4 Å². The second kappa shape index (κ2) is 4.67. The SMILES string of the molecule is CC(C)CNC(=O)c1ccc(S(=O)(=O)O)o1. The van der Waals surface area contributed by atoms with Crippen molar-refractivity contribution >= 4 is 16.0 Å². The smallest absolute Gasteiger partial charge is 0.328 e. The number of carbonyl (C=O) groups excluding carboxylic acids is 1. The molecule has 0 unspecified atom stereocenters. The van der Waals surface area contributed by atoms with Crippen LogP contribution in [0.15, 0.2) is 21.6 Å². The van der Waals surface area contributed by atoms with E-state index in [1.807, 2.05) is 13.8 Å². The fourth-order valence-corrected chi connectivity index (χ4v) is 1.40. The zero-order chi connectivity index (χ0) is 12.3. The predicted octanol–water partition coefficient (Wildman–Crippen LogP) is 0.912. The molecule has 6 nitrogen and oxygen atoms in total. The summed E-state index contributed by atoms with van der Waals surface area (Å²) < 4.78 is 34.7. The third kappa shape index (κ3) is 3.35. The molecule has 0 aliphatic rings. The Morgan fingerprint density at radius 1 is 1.50 bits per heavy atom. The Hall–Kier alpha value is -1.34. The first kappa shape index (κ1) is 12.7. The zero-order valence-electron chi connectivity index (χ0n) is 8.93. The van der Waals surface area contributed by atoms with Crippen molar-refractivity contribution in [2.45, 2.75) is 18.9 Å². The van der Waals surface area contributed by atoms with Crippen LogP contribution in [0, 0.1) is 5.92 Å². The highest BCUT2D eigenvalue weighted by molar-refractivity contribution is 7.85. The van der Waals surface area contributed by atoms with Crippen molar-refractivity contribution in [2.75, 3.05) is 6.54 Å². The third-order valence-corrected chi connectivity index (χ3v) is 2.46. The molecule has 1 heterocycles. The van der Waals surface area contributed by atoms with Crippen molar-refractivity contribution in [1.29, 1.82) is 0 Å². The monoisotopic (exact) mass is 247 g/mol. The molecule has 0 saturated carbocycles. The van der Waals surface area contributed by atoms with Gasteiger partial charge in [-0.15, -0.1) is 0 Å². The van der Waals surface area contributed by atoms with E-state index in [4.69, 9.17) is 8.97 Å². The number of amides is 1. The van der Waals surface area contributed by atoms with E-state index in [9.17, 15) is 13.2 Å². The van der Waals surface area contributed by atoms with Crippen LogP contribution in [-0.4, -0.2) is 25.4 Å². The van der Waals surface area contributed by atoms with Crippen molar-refractivity contribution < 1.29 is 22.2 Å². The fraction of sp³-hybridized carbons (Fsp3) is 0.444. The second-order valence-electron chi connectivity index (χ2n) is 3.70. The van der Waals surface area contributed by atoms with Gasteiger partial charge in [0.1, 0.15) is 0 Å². The van der Waals surface area contributed by atoms with Gasteiger partial charge in [0, 0.05) is 6.54 Å². The summed E-state index contributed by atoms with van der Waals surface area (Å²) in [6.45, 7) is 4.30. The van der Waals surface area contributed by atoms with E-state index in [2.05, 4.69) is 5.32 Å². The molecule has 0 bridgehead atoms. The molecule has 0 aliphatic heterocycles. The molecule has 0 aromatic carbocycles. The third-order valence-electron chi connectivity index (χ3n) is 1.73. The molecular formula is C9H13NO5S. The van der Waals surface area contributed by atoms with Gasteiger partial charge < -0.3 is 9.73 Å². The van der Waals surface area contributed by atoms with Crippen LogP contribution >= 0.6 is 0 Å². The number of nitrogens with one attached hydrogen (secondary N) is 1. The van der Waals surface area contributed by atoms with Crippen LogP contribution in [0.3, 0.4) is 0 Å². The van der Waals surface area contributed by atoms with Gasteiger partial charge in [-0.25, -0.2) is 0 Å². The molecule has 2 N–H and O–H groups in total. The zero-order valence-corrected chi connectivity index (χ0v) is 9.74. The van der Waals surface area contributed by atoms with Gasteiger partial charge in [-0.3, -0.25) is 9.35 Å². The first-order valence-electron chi connectivity index (χ1n) is 4.66. The Morgan fingerprint density at radius 3 is 2.56 bits per heavy atom. The number of hydrogen-bond donors (Lipinski definition) is 2. The second-order valence-corrected chi connectivity index (χ2v) is 5.05. The molecule has 1 aromatic heterocycles. The van der Waals surface area contributed by atoms with Gasteiger partial charge in [-0.05, 0) is 18.1 Å². The molecule has 1 aromatic rings. The molecule has 1 amide bonds. The Kier molecular flexibility index (Phi) is 3.71. The number of rotatable bonds is 4. The van der Waals surface area contributed by atoms with Crippen LogP contribution in [0.5, 0.6) is 0 Å². The molecule has 0 fully saturated rings. The molecule has 7 heteroatoms. The first-order chi connectivity index (χ1) is 7.30. The van der Waals surface area contributed by atoms with Crippen molar-refractivity contribution in [1.82, 2.24) is 5.32 Å². The van der Waals surface area contributed by atoms with Crippen LogP contribution in [0.2, 0.25) is 0 Å². The summed E-state index contributed by atoms with van der Waals surface area (Å²) in [7, 11) is -4.39. The van der Waals surface area contributed by atoms with Gasteiger partial charge >= 0.3 is 10.1 Å². The largest absolute Gasteiger partial charge is 0.437 e. The predicted molar refractivity (Wildman–Crippen MR) is 55.7 cm³/mol. The van der Waals surface area contributed by atoms with Gasteiger partial charge in [0.2, 0.25) is 5.09 Å². The van der Waals surface area contributed by atoms with Gasteiger partial charge in [-0.2, -0.15) is 8.42 Å². The highest BCUT2D eigenvalue weighted by Gasteiger charge is 2.18. The summed E-state index contributed by atoms with van der Waals surface area (Å²) in [6, 6.07) is 2.22. The van der Waals surface area contributed by atoms with Gasteiger partial charge in [-0.1, -0.05) is 13.8 Å². The molecule has 0 spiro atoms. The lowest BCUT2D eigenvalue weighted by Gasteiger charge is -2.04. The lowest BCUT2D eigenvalue weighted by atomic mass is 10.2. The maximum absolute atomic E-state index is 11.4. The maximum Gasteiger partial charge on any atom is 0.328 e. The van der Waals surface area contributed by atoms with E-state index in [0.717, 1.165) is 6.07 Å². The highest BCUT2D eigenvalue weighted by atomic mass is 32.2. The summed E-state index contributed by atoms with van der Waals surface area (Å²) in [5.41, 5.74) is 0. The van der Waals surface area contributed by atoms with E-state index in [0.29, 0.717) is 6.54 Å². The lowest BCUT2D eigenvalue weighted by Crippen LogP contribution is -2.26. The van der Waals surface area contributed by atoms with Crippen molar-refractivity contribution in [3.8, 4) is 0 Å². The van der Waals surface area contributed by atoms with Crippen LogP contribution < -0.4 is 5.32 Å². The maximum atomic E-state index is 11.4. The lowest BCUT2D eigenvalue weighted by molar-refractivity contribution is 0.0915. The quantitative estimate of drug-likeness (QED) is 0.771. The summed E-state index contributed by atoms with van der Waals surface area (Å²) in [6.07, 6.45) is 0. The normalized spacial score (nSPS) is 11.8. The van der Waals surface area contributed by atoms with Gasteiger partial charge in [0.25, 0.3) is 5.91 Å². The topological polar surface area (TPSA) is 96.6 Å². The van der Waals surface area contributed by atoms with Crippen molar-refractivity contribution in [3.05, 3.63) is 17.9 Å². The van der Waals surface area contributed by atoms with Crippen LogP contribution in [-0.2, 0) is 10.1 Å². The number of furan rings is 1. The number of carbonyl (C=O) groups is 1. The molecule has 16 heavy (non-hydrogen) atoms. The summed E-state index contributed by atoms with van der Waals surface area (Å²) >= 11 is 0. The van der Waals surface area contributed by atoms with Gasteiger partial charge in [0.15, 0.2) is 5.76 Å². The summed E-state index contributed by atoms with van der Waals surface area (Å²) in [5, 5.41) is 1.92. The Morgan fingerprint density at radius 2 is 2.12 bits per heavy atom. The minimum absolute atomic E-state index is 0.145. The van der Waals surface area contributed by atoms with E-state index in [1.165, 1.54) is 6.07 Å². The molecule has 1 rings (SSSR count). The van der Waals surface area contributed by atoms with E-state index in [1.54, 1.807) is 0 Å². The Bertz CT molecular complexity index is 474. The Balaban J connectivity index is 2.75. The minimum Gasteiger partial charge on any atom is -0.437 e. The molecule has 90 valence electrons. The fourth-order valence-electron chi connectivity index (χ4n) is 0.965. The van der Waals surface area contributed by atoms with E-state index >= 15 is 0 Å². The van der Waals surface area contributed by atoms with E-state index in [-0.39, 0.29) is 11.7 Å². The molecule has 0 radical (unpaired) electrons. The van der Waals surface area contributed by atoms with Gasteiger partial charge in [0.05, 0.1) is 0 Å². The van der Waals surface area contributed by atoms with Crippen LogP contribution in [0.4, 0.5) is 0 Å². The summed E-state index contributed by atoms with van der Waals surface area (Å²) in [5.74, 6) is -0.378. The average Bonchev–Trinajstić information content (AvgIpc) is 2.61.